The van der Waals surface area contributed by atoms with E-state index in [1.165, 1.54) is 0 Å². The number of piperidine rings is 1. The van der Waals surface area contributed by atoms with Gasteiger partial charge in [0.2, 0.25) is 11.8 Å². The fourth-order valence-electron chi connectivity index (χ4n) is 3.42. The van der Waals surface area contributed by atoms with Crippen molar-refractivity contribution in [3.05, 3.63) is 35.4 Å². The molecule has 1 saturated heterocycles. The topological polar surface area (TPSA) is 99.2 Å². The van der Waals surface area contributed by atoms with Gasteiger partial charge in [-0.3, -0.25) is 14.9 Å². The number of hydrogen-bond acceptors (Lipinski definition) is 4. The molecule has 1 aliphatic heterocycles. The van der Waals surface area contributed by atoms with Gasteiger partial charge in [0, 0.05) is 25.6 Å². The number of amides is 2. The smallest absolute Gasteiger partial charge is 0.239 e. The number of nitrogens with two attached hydrogens (primary N) is 1. The first-order valence-electron chi connectivity index (χ1n) is 8.83. The number of nitriles is 1. The summed E-state index contributed by atoms with van der Waals surface area (Å²) in [5.41, 5.74) is 6.91. The molecule has 1 aromatic rings. The zero-order valence-electron chi connectivity index (χ0n) is 14.9. The second-order valence-corrected chi connectivity index (χ2v) is 6.49. The summed E-state index contributed by atoms with van der Waals surface area (Å²) < 4.78 is 0. The Morgan fingerprint density at radius 2 is 2.04 bits per heavy atom. The van der Waals surface area contributed by atoms with E-state index in [2.05, 4.69) is 18.3 Å². The number of likely N-dealkylation sites (tertiary alicyclic amines) is 1. The Kier molecular flexibility index (Phi) is 6.54. The second kappa shape index (κ2) is 8.63. The predicted octanol–water partition coefficient (Wildman–Crippen LogP) is 1.71. The Labute approximate surface area is 149 Å². The lowest BCUT2D eigenvalue weighted by molar-refractivity contribution is -0.133. The maximum absolute atomic E-state index is 12.0. The number of primary amides is 1. The average molecular weight is 342 g/mol. The van der Waals surface area contributed by atoms with Crippen molar-refractivity contribution in [1.82, 2.24) is 10.2 Å². The standard InChI is InChI=1S/C19H26N4O2/c1-3-14-12-23(17(24)4-2)10-9-16(14)22-18(19(21)25)15-7-5-13(11-20)6-8-15/h5-8,14,16,18,22H,3-4,9-10,12H2,1-2H3,(H2,21,25)/t14-,16-,18+/m0/s1. The van der Waals surface area contributed by atoms with Crippen molar-refractivity contribution >= 4 is 11.8 Å². The monoisotopic (exact) mass is 342 g/mol. The molecule has 1 heterocycles. The van der Waals surface area contributed by atoms with Gasteiger partial charge in [0.25, 0.3) is 0 Å². The maximum atomic E-state index is 12.0. The third kappa shape index (κ3) is 4.58. The minimum Gasteiger partial charge on any atom is -0.368 e. The van der Waals surface area contributed by atoms with Gasteiger partial charge in [-0.05, 0) is 30.0 Å². The van der Waals surface area contributed by atoms with Crippen LogP contribution in [0.3, 0.4) is 0 Å². The summed E-state index contributed by atoms with van der Waals surface area (Å²) in [6.45, 7) is 5.38. The minimum absolute atomic E-state index is 0.124. The zero-order chi connectivity index (χ0) is 18.4. The first kappa shape index (κ1) is 18.9. The molecule has 1 aromatic carbocycles. The van der Waals surface area contributed by atoms with Crippen molar-refractivity contribution in [3.63, 3.8) is 0 Å². The Morgan fingerprint density at radius 3 is 2.56 bits per heavy atom. The molecule has 2 amide bonds. The molecule has 6 nitrogen and oxygen atoms in total. The van der Waals surface area contributed by atoms with Gasteiger partial charge >= 0.3 is 0 Å². The molecule has 134 valence electrons. The van der Waals surface area contributed by atoms with Crippen molar-refractivity contribution in [3.8, 4) is 6.07 Å². The summed E-state index contributed by atoms with van der Waals surface area (Å²) in [4.78, 5) is 25.8. The van der Waals surface area contributed by atoms with E-state index < -0.39 is 11.9 Å². The number of nitrogens with one attached hydrogen (secondary N) is 1. The molecule has 3 N–H and O–H groups in total. The van der Waals surface area contributed by atoms with Gasteiger partial charge in [-0.2, -0.15) is 5.26 Å². The summed E-state index contributed by atoms with van der Waals surface area (Å²) in [7, 11) is 0. The van der Waals surface area contributed by atoms with Crippen LogP contribution in [0.2, 0.25) is 0 Å². The van der Waals surface area contributed by atoms with Gasteiger partial charge in [0.05, 0.1) is 11.6 Å². The van der Waals surface area contributed by atoms with Gasteiger partial charge in [-0.1, -0.05) is 32.4 Å². The summed E-state index contributed by atoms with van der Waals surface area (Å²) in [5.74, 6) is 0.0200. The molecule has 3 atom stereocenters. The van der Waals surface area contributed by atoms with Crippen LogP contribution in [0.1, 0.15) is 50.3 Å². The van der Waals surface area contributed by atoms with Gasteiger partial charge < -0.3 is 10.6 Å². The highest BCUT2D eigenvalue weighted by Gasteiger charge is 2.32. The van der Waals surface area contributed by atoms with Crippen LogP contribution in [0.4, 0.5) is 0 Å². The zero-order valence-corrected chi connectivity index (χ0v) is 14.9. The highest BCUT2D eigenvalue weighted by molar-refractivity contribution is 5.81. The van der Waals surface area contributed by atoms with E-state index in [0.717, 1.165) is 18.4 Å². The quantitative estimate of drug-likeness (QED) is 0.822. The third-order valence-corrected chi connectivity index (χ3v) is 4.95. The number of benzene rings is 1. The highest BCUT2D eigenvalue weighted by atomic mass is 16.2. The molecule has 0 radical (unpaired) electrons. The van der Waals surface area contributed by atoms with Crippen molar-refractivity contribution in [2.24, 2.45) is 11.7 Å². The van der Waals surface area contributed by atoms with E-state index in [-0.39, 0.29) is 17.9 Å². The van der Waals surface area contributed by atoms with Gasteiger partial charge in [-0.25, -0.2) is 0 Å². The van der Waals surface area contributed by atoms with E-state index in [4.69, 9.17) is 11.0 Å². The van der Waals surface area contributed by atoms with Crippen LogP contribution in [0, 0.1) is 17.2 Å². The summed E-state index contributed by atoms with van der Waals surface area (Å²) in [5, 5.41) is 12.3. The Balaban J connectivity index is 2.12. The molecule has 2 rings (SSSR count). The van der Waals surface area contributed by atoms with Crippen LogP contribution in [0.15, 0.2) is 24.3 Å². The molecule has 0 saturated carbocycles. The molecular weight excluding hydrogens is 316 g/mol. The van der Waals surface area contributed by atoms with Crippen LogP contribution < -0.4 is 11.1 Å². The van der Waals surface area contributed by atoms with E-state index in [0.29, 0.717) is 25.1 Å². The molecule has 0 bridgehead atoms. The fourth-order valence-corrected chi connectivity index (χ4v) is 3.42. The highest BCUT2D eigenvalue weighted by Crippen LogP contribution is 2.24. The van der Waals surface area contributed by atoms with E-state index in [1.54, 1.807) is 24.3 Å². The molecule has 0 spiro atoms. The molecule has 0 unspecified atom stereocenters. The maximum Gasteiger partial charge on any atom is 0.239 e. The molecule has 25 heavy (non-hydrogen) atoms. The summed E-state index contributed by atoms with van der Waals surface area (Å²) in [6, 6.07) is 8.49. The van der Waals surface area contributed by atoms with Crippen LogP contribution in [0.25, 0.3) is 0 Å². The fraction of sp³-hybridized carbons (Fsp3) is 0.526. The molecule has 1 fully saturated rings. The van der Waals surface area contributed by atoms with Gasteiger partial charge in [0.1, 0.15) is 6.04 Å². The second-order valence-electron chi connectivity index (χ2n) is 6.49. The molecular formula is C19H26N4O2. The van der Waals surface area contributed by atoms with Crippen LogP contribution >= 0.6 is 0 Å². The van der Waals surface area contributed by atoms with Crippen molar-refractivity contribution in [1.29, 1.82) is 5.26 Å². The number of hydrogen-bond donors (Lipinski definition) is 2. The molecule has 1 aliphatic rings. The van der Waals surface area contributed by atoms with Gasteiger partial charge in [0.15, 0.2) is 0 Å². The molecule has 0 aromatic heterocycles. The van der Waals surface area contributed by atoms with E-state index in [9.17, 15) is 9.59 Å². The normalized spacial score (nSPS) is 21.4. The minimum atomic E-state index is -0.597. The number of carbonyl (C=O) groups excluding carboxylic acids is 2. The van der Waals surface area contributed by atoms with Crippen LogP contribution in [-0.2, 0) is 9.59 Å². The molecule has 6 heteroatoms. The van der Waals surface area contributed by atoms with Crippen molar-refractivity contribution in [2.75, 3.05) is 13.1 Å². The number of carbonyl (C=O) groups is 2. The SMILES string of the molecule is CCC(=O)N1CC[C@H](N[C@@H](C(N)=O)c2ccc(C#N)cc2)[C@@H](CC)C1. The van der Waals surface area contributed by atoms with Crippen LogP contribution in [0.5, 0.6) is 0 Å². The van der Waals surface area contributed by atoms with Crippen molar-refractivity contribution < 1.29 is 9.59 Å². The predicted molar refractivity (Wildman–Crippen MR) is 95.3 cm³/mol. The summed E-state index contributed by atoms with van der Waals surface area (Å²) in [6.07, 6.45) is 2.23. The average Bonchev–Trinajstić information content (AvgIpc) is 2.65. The lowest BCUT2D eigenvalue weighted by Crippen LogP contribution is -2.53. The lowest BCUT2D eigenvalue weighted by atomic mass is 9.88. The lowest BCUT2D eigenvalue weighted by Gasteiger charge is -2.40. The first-order valence-corrected chi connectivity index (χ1v) is 8.83. The van der Waals surface area contributed by atoms with Crippen LogP contribution in [-0.4, -0.2) is 35.8 Å². The first-order chi connectivity index (χ1) is 12.0. The van der Waals surface area contributed by atoms with E-state index >= 15 is 0 Å². The van der Waals surface area contributed by atoms with Crippen molar-refractivity contribution in [2.45, 2.75) is 45.2 Å². The van der Waals surface area contributed by atoms with E-state index in [1.807, 2.05) is 11.8 Å². The molecule has 0 aliphatic carbocycles. The largest absolute Gasteiger partial charge is 0.368 e. The third-order valence-electron chi connectivity index (χ3n) is 4.95. The van der Waals surface area contributed by atoms with Gasteiger partial charge in [-0.15, -0.1) is 0 Å². The summed E-state index contributed by atoms with van der Waals surface area (Å²) >= 11 is 0. The Morgan fingerprint density at radius 1 is 1.36 bits per heavy atom. The number of nitrogens with zero attached hydrogens (tertiary/aromatic N) is 2. The Hall–Kier alpha value is -2.39. The Bertz CT molecular complexity index is 650. The number of rotatable bonds is 6.